The molecule has 3 rings (SSSR count). The molecule has 0 spiro atoms. The van der Waals surface area contributed by atoms with Gasteiger partial charge in [0.05, 0.1) is 5.39 Å². The summed E-state index contributed by atoms with van der Waals surface area (Å²) in [6.07, 6.45) is 0.925. The van der Waals surface area contributed by atoms with Crippen molar-refractivity contribution >= 4 is 27.5 Å². The fraction of sp³-hybridized carbons (Fsp3) is 0.250. The van der Waals surface area contributed by atoms with Crippen molar-refractivity contribution in [2.75, 3.05) is 11.9 Å². The van der Waals surface area contributed by atoms with Gasteiger partial charge in [-0.25, -0.2) is 4.98 Å². The van der Waals surface area contributed by atoms with Crippen molar-refractivity contribution in [2.24, 2.45) is 0 Å². The molecular formula is C16H17N3OS. The number of para-hydroxylation sites is 1. The molecule has 0 radical (unpaired) electrons. The van der Waals surface area contributed by atoms with Crippen molar-refractivity contribution in [1.29, 1.82) is 0 Å². The number of aromatic nitrogens is 2. The number of rotatable bonds is 5. The highest BCUT2D eigenvalue weighted by Gasteiger charge is 2.12. The lowest BCUT2D eigenvalue weighted by molar-refractivity contribution is 0.463. The topological polar surface area (TPSA) is 47.0 Å². The molecule has 0 atom stereocenters. The van der Waals surface area contributed by atoms with Crippen molar-refractivity contribution < 1.29 is 4.74 Å². The van der Waals surface area contributed by atoms with Crippen LogP contribution in [0, 0.1) is 0 Å². The summed E-state index contributed by atoms with van der Waals surface area (Å²) in [6.45, 7) is 4.92. The molecule has 5 heteroatoms. The van der Waals surface area contributed by atoms with E-state index < -0.39 is 0 Å². The first-order valence-corrected chi connectivity index (χ1v) is 7.94. The Labute approximate surface area is 127 Å². The van der Waals surface area contributed by atoms with E-state index in [0.29, 0.717) is 11.8 Å². The SMILES string of the molecule is CCNc1nc(Oc2ccccc2CC)c2ccsc2n1. The summed E-state index contributed by atoms with van der Waals surface area (Å²) in [7, 11) is 0. The Morgan fingerprint density at radius 1 is 1.14 bits per heavy atom. The molecule has 3 aromatic rings. The average molecular weight is 299 g/mol. The summed E-state index contributed by atoms with van der Waals surface area (Å²) in [4.78, 5) is 9.92. The van der Waals surface area contributed by atoms with Crippen LogP contribution >= 0.6 is 11.3 Å². The van der Waals surface area contributed by atoms with Crippen LogP contribution in [0.3, 0.4) is 0 Å². The number of aryl methyl sites for hydroxylation is 1. The predicted molar refractivity (Wildman–Crippen MR) is 87.5 cm³/mol. The Hall–Kier alpha value is -2.14. The lowest BCUT2D eigenvalue weighted by Crippen LogP contribution is -2.03. The average Bonchev–Trinajstić information content (AvgIpc) is 2.97. The Kier molecular flexibility index (Phi) is 4.01. The van der Waals surface area contributed by atoms with Crippen molar-refractivity contribution in [3.05, 3.63) is 41.3 Å². The quantitative estimate of drug-likeness (QED) is 0.754. The van der Waals surface area contributed by atoms with Gasteiger partial charge in [-0.15, -0.1) is 11.3 Å². The van der Waals surface area contributed by atoms with E-state index in [2.05, 4.69) is 28.3 Å². The monoisotopic (exact) mass is 299 g/mol. The van der Waals surface area contributed by atoms with Gasteiger partial charge in [0, 0.05) is 6.54 Å². The number of hydrogen-bond acceptors (Lipinski definition) is 5. The Morgan fingerprint density at radius 3 is 2.81 bits per heavy atom. The van der Waals surface area contributed by atoms with E-state index in [1.807, 2.05) is 36.6 Å². The summed E-state index contributed by atoms with van der Waals surface area (Å²) in [5.74, 6) is 2.07. The molecular weight excluding hydrogens is 282 g/mol. The van der Waals surface area contributed by atoms with Crippen molar-refractivity contribution in [2.45, 2.75) is 20.3 Å². The lowest BCUT2D eigenvalue weighted by Gasteiger charge is -2.11. The van der Waals surface area contributed by atoms with E-state index in [4.69, 9.17) is 4.74 Å². The molecule has 2 aromatic heterocycles. The van der Waals surface area contributed by atoms with Crippen LogP contribution < -0.4 is 10.1 Å². The number of nitrogens with zero attached hydrogens (tertiary/aromatic N) is 2. The van der Waals surface area contributed by atoms with Crippen LogP contribution in [0.5, 0.6) is 11.6 Å². The third-order valence-corrected chi connectivity index (χ3v) is 3.99. The zero-order valence-corrected chi connectivity index (χ0v) is 12.9. The first-order chi connectivity index (χ1) is 10.3. The normalized spacial score (nSPS) is 10.8. The van der Waals surface area contributed by atoms with Crippen LogP contribution in [0.2, 0.25) is 0 Å². The zero-order valence-electron chi connectivity index (χ0n) is 12.1. The number of hydrogen-bond donors (Lipinski definition) is 1. The van der Waals surface area contributed by atoms with Gasteiger partial charge in [0.1, 0.15) is 10.6 Å². The third kappa shape index (κ3) is 2.83. The van der Waals surface area contributed by atoms with Crippen LogP contribution in [0.1, 0.15) is 19.4 Å². The molecule has 108 valence electrons. The minimum atomic E-state index is 0.608. The fourth-order valence-electron chi connectivity index (χ4n) is 2.14. The summed E-state index contributed by atoms with van der Waals surface area (Å²) in [6, 6.07) is 10.1. The molecule has 0 fully saturated rings. The van der Waals surface area contributed by atoms with Gasteiger partial charge in [-0.1, -0.05) is 25.1 Å². The number of fused-ring (bicyclic) bond motifs is 1. The van der Waals surface area contributed by atoms with Crippen molar-refractivity contribution in [1.82, 2.24) is 9.97 Å². The number of nitrogens with one attached hydrogen (secondary N) is 1. The minimum absolute atomic E-state index is 0.608. The molecule has 21 heavy (non-hydrogen) atoms. The van der Waals surface area contributed by atoms with Gasteiger partial charge in [0.2, 0.25) is 11.8 Å². The largest absolute Gasteiger partial charge is 0.438 e. The highest BCUT2D eigenvalue weighted by atomic mass is 32.1. The third-order valence-electron chi connectivity index (χ3n) is 3.19. The molecule has 0 saturated heterocycles. The van der Waals surface area contributed by atoms with Crippen molar-refractivity contribution in [3.63, 3.8) is 0 Å². The second kappa shape index (κ2) is 6.10. The second-order valence-electron chi connectivity index (χ2n) is 4.59. The Bertz CT molecular complexity index is 754. The molecule has 1 N–H and O–H groups in total. The number of benzene rings is 1. The Morgan fingerprint density at radius 2 is 2.00 bits per heavy atom. The van der Waals surface area contributed by atoms with E-state index in [-0.39, 0.29) is 0 Å². The molecule has 0 aliphatic rings. The number of ether oxygens (including phenoxy) is 1. The number of anilines is 1. The maximum Gasteiger partial charge on any atom is 0.232 e. The van der Waals surface area contributed by atoms with E-state index in [9.17, 15) is 0 Å². The molecule has 0 aliphatic carbocycles. The van der Waals surface area contributed by atoms with Gasteiger partial charge < -0.3 is 10.1 Å². The van der Waals surface area contributed by atoms with Gasteiger partial charge in [-0.2, -0.15) is 4.98 Å². The van der Waals surface area contributed by atoms with E-state index in [1.165, 1.54) is 5.56 Å². The fourth-order valence-corrected chi connectivity index (χ4v) is 2.90. The Balaban J connectivity index is 2.04. The van der Waals surface area contributed by atoms with Gasteiger partial charge in [-0.05, 0) is 36.4 Å². The molecule has 4 nitrogen and oxygen atoms in total. The molecule has 0 aliphatic heterocycles. The van der Waals surface area contributed by atoms with E-state index in [1.54, 1.807) is 11.3 Å². The first kappa shape index (κ1) is 13.8. The van der Waals surface area contributed by atoms with E-state index in [0.717, 1.165) is 28.9 Å². The second-order valence-corrected chi connectivity index (χ2v) is 5.48. The smallest absolute Gasteiger partial charge is 0.232 e. The van der Waals surface area contributed by atoms with Crippen LogP contribution in [-0.4, -0.2) is 16.5 Å². The first-order valence-electron chi connectivity index (χ1n) is 7.06. The predicted octanol–water partition coefficient (Wildman–Crippen LogP) is 4.48. The summed E-state index contributed by atoms with van der Waals surface area (Å²) in [5.41, 5.74) is 1.17. The number of thiophene rings is 1. The summed E-state index contributed by atoms with van der Waals surface area (Å²) in [5, 5.41) is 6.11. The van der Waals surface area contributed by atoms with Gasteiger partial charge >= 0.3 is 0 Å². The highest BCUT2D eigenvalue weighted by molar-refractivity contribution is 7.16. The van der Waals surface area contributed by atoms with Crippen LogP contribution in [0.15, 0.2) is 35.7 Å². The summed E-state index contributed by atoms with van der Waals surface area (Å²) >= 11 is 1.59. The molecule has 0 amide bonds. The van der Waals surface area contributed by atoms with Gasteiger partial charge in [-0.3, -0.25) is 0 Å². The zero-order chi connectivity index (χ0) is 14.7. The molecule has 1 aromatic carbocycles. The maximum absolute atomic E-state index is 6.07. The van der Waals surface area contributed by atoms with Crippen LogP contribution in [0.4, 0.5) is 5.95 Å². The van der Waals surface area contributed by atoms with Gasteiger partial charge in [0.25, 0.3) is 0 Å². The van der Waals surface area contributed by atoms with Crippen LogP contribution in [0.25, 0.3) is 10.2 Å². The van der Waals surface area contributed by atoms with E-state index >= 15 is 0 Å². The van der Waals surface area contributed by atoms with Gasteiger partial charge in [0.15, 0.2) is 0 Å². The highest BCUT2D eigenvalue weighted by Crippen LogP contribution is 2.32. The lowest BCUT2D eigenvalue weighted by atomic mass is 10.1. The molecule has 0 saturated carbocycles. The van der Waals surface area contributed by atoms with Crippen molar-refractivity contribution in [3.8, 4) is 11.6 Å². The standard InChI is InChI=1S/C16H17N3OS/c1-3-11-7-5-6-8-13(11)20-14-12-9-10-21-15(12)19-16(18-14)17-4-2/h5-10H,3-4H2,1-2H3,(H,17,18,19). The maximum atomic E-state index is 6.07. The minimum Gasteiger partial charge on any atom is -0.438 e. The van der Waals surface area contributed by atoms with Crippen LogP contribution in [-0.2, 0) is 6.42 Å². The molecule has 2 heterocycles. The summed E-state index contributed by atoms with van der Waals surface area (Å²) < 4.78 is 6.07. The molecule has 0 bridgehead atoms. The molecule has 0 unspecified atom stereocenters.